The van der Waals surface area contributed by atoms with Crippen molar-refractivity contribution < 1.29 is 9.47 Å². The van der Waals surface area contributed by atoms with Crippen LogP contribution in [0.2, 0.25) is 30.7 Å². The molecule has 2 aromatic rings. The van der Waals surface area contributed by atoms with Crippen molar-refractivity contribution in [3.05, 3.63) is 34.0 Å². The van der Waals surface area contributed by atoms with Crippen LogP contribution in [0.15, 0.2) is 29.0 Å². The highest BCUT2D eigenvalue weighted by Gasteiger charge is 2.15. The first-order valence-corrected chi connectivity index (χ1v) is 12.3. The van der Waals surface area contributed by atoms with Crippen LogP contribution in [0, 0.1) is 0 Å². The highest BCUT2D eigenvalue weighted by Crippen LogP contribution is 2.36. The summed E-state index contributed by atoms with van der Waals surface area (Å²) in [5.74, 6) is 1.44. The number of nitrogens with zero attached hydrogens (tertiary/aromatic N) is 2. The maximum absolute atomic E-state index is 6.14. The minimum absolute atomic E-state index is 0.483. The summed E-state index contributed by atoms with van der Waals surface area (Å²) in [5, 5.41) is 0.563. The van der Waals surface area contributed by atoms with Crippen LogP contribution in [0.25, 0.3) is 11.4 Å². The zero-order valence-electron chi connectivity index (χ0n) is 13.9. The number of rotatable bonds is 7. The summed E-state index contributed by atoms with van der Waals surface area (Å²) in [4.78, 5) is 4.44. The third-order valence-corrected chi connectivity index (χ3v) is 6.08. The molecule has 0 fully saturated rings. The first-order chi connectivity index (χ1) is 10.8. The van der Waals surface area contributed by atoms with Crippen molar-refractivity contribution >= 4 is 35.6 Å². The van der Waals surface area contributed by atoms with Gasteiger partial charge in [0.1, 0.15) is 18.3 Å². The van der Waals surface area contributed by atoms with E-state index >= 15 is 0 Å². The monoisotopic (exact) mass is 416 g/mol. The lowest BCUT2D eigenvalue weighted by molar-refractivity contribution is 0.0883. The van der Waals surface area contributed by atoms with E-state index in [9.17, 15) is 0 Å². The normalized spacial score (nSPS) is 11.7. The van der Waals surface area contributed by atoms with Crippen molar-refractivity contribution in [3.8, 4) is 17.1 Å². The molecule has 1 aromatic carbocycles. The van der Waals surface area contributed by atoms with Gasteiger partial charge in [-0.25, -0.2) is 4.98 Å². The highest BCUT2D eigenvalue weighted by atomic mass is 79.9. The van der Waals surface area contributed by atoms with Crippen molar-refractivity contribution in [2.24, 2.45) is 0 Å². The Morgan fingerprint density at radius 3 is 2.70 bits per heavy atom. The quantitative estimate of drug-likeness (QED) is 0.454. The van der Waals surface area contributed by atoms with Gasteiger partial charge in [0.15, 0.2) is 0 Å². The molecule has 23 heavy (non-hydrogen) atoms. The minimum Gasteiger partial charge on any atom is -0.495 e. The van der Waals surface area contributed by atoms with E-state index in [2.05, 4.69) is 40.6 Å². The van der Waals surface area contributed by atoms with E-state index in [-0.39, 0.29) is 0 Å². The molecule has 1 aromatic heterocycles. The van der Waals surface area contributed by atoms with Gasteiger partial charge in [-0.1, -0.05) is 31.2 Å². The Morgan fingerprint density at radius 2 is 2.04 bits per heavy atom. The van der Waals surface area contributed by atoms with E-state index in [4.69, 9.17) is 21.1 Å². The lowest BCUT2D eigenvalue weighted by atomic mass is 10.2. The molecule has 0 spiro atoms. The van der Waals surface area contributed by atoms with Crippen LogP contribution in [-0.4, -0.2) is 31.3 Å². The largest absolute Gasteiger partial charge is 0.495 e. The number of methoxy groups -OCH3 is 1. The van der Waals surface area contributed by atoms with Gasteiger partial charge in [0.25, 0.3) is 0 Å². The van der Waals surface area contributed by atoms with Crippen molar-refractivity contribution in [2.45, 2.75) is 32.4 Å². The number of aromatic nitrogens is 2. The molecule has 0 bridgehead atoms. The molecular formula is C16H22BrClN2O2Si. The maximum atomic E-state index is 6.14. The first kappa shape index (κ1) is 18.5. The molecule has 2 rings (SSSR count). The van der Waals surface area contributed by atoms with Crippen LogP contribution >= 0.6 is 27.5 Å². The Balaban J connectivity index is 2.15. The van der Waals surface area contributed by atoms with Crippen LogP contribution in [0.4, 0.5) is 0 Å². The molecule has 1 heterocycles. The molecule has 0 aliphatic rings. The number of ether oxygens (including phenoxy) is 2. The second-order valence-corrected chi connectivity index (χ2v) is 13.4. The number of benzene rings is 1. The van der Waals surface area contributed by atoms with Crippen LogP contribution in [0.3, 0.4) is 0 Å². The van der Waals surface area contributed by atoms with Gasteiger partial charge in [-0.05, 0) is 34.1 Å². The van der Waals surface area contributed by atoms with Gasteiger partial charge in [-0.3, -0.25) is 0 Å². The standard InChI is InChI=1S/C16H22BrClN2O2Si/c1-21-15-9-12(13(17)10-14(15)18)16-19-5-6-20(16)11-22-7-8-23(2,3)4/h5-6,9-10H,7-8,11H2,1-4H3. The molecule has 0 saturated carbocycles. The molecule has 0 saturated heterocycles. The lowest BCUT2D eigenvalue weighted by Gasteiger charge is -2.16. The van der Waals surface area contributed by atoms with E-state index in [1.54, 1.807) is 13.3 Å². The van der Waals surface area contributed by atoms with Gasteiger partial charge in [0.2, 0.25) is 0 Å². The Labute approximate surface area is 151 Å². The zero-order chi connectivity index (χ0) is 17.0. The molecule has 0 N–H and O–H groups in total. The lowest BCUT2D eigenvalue weighted by Crippen LogP contribution is -2.22. The van der Waals surface area contributed by atoms with Crippen LogP contribution in [0.5, 0.6) is 5.75 Å². The number of hydrogen-bond acceptors (Lipinski definition) is 3. The van der Waals surface area contributed by atoms with Gasteiger partial charge < -0.3 is 14.0 Å². The van der Waals surface area contributed by atoms with Crippen LogP contribution < -0.4 is 4.74 Å². The van der Waals surface area contributed by atoms with Gasteiger partial charge >= 0.3 is 0 Å². The van der Waals surface area contributed by atoms with Crippen molar-refractivity contribution in [1.29, 1.82) is 0 Å². The predicted molar refractivity (Wildman–Crippen MR) is 101 cm³/mol. The third kappa shape index (κ3) is 5.07. The molecule has 0 amide bonds. The molecular weight excluding hydrogens is 396 g/mol. The summed E-state index contributed by atoms with van der Waals surface area (Å²) >= 11 is 9.69. The number of halogens is 2. The van der Waals surface area contributed by atoms with E-state index in [0.29, 0.717) is 17.5 Å². The molecule has 7 heteroatoms. The molecule has 126 valence electrons. The fourth-order valence-corrected chi connectivity index (χ4v) is 3.71. The maximum Gasteiger partial charge on any atom is 0.143 e. The Hall–Kier alpha value is -0.823. The average molecular weight is 418 g/mol. The Morgan fingerprint density at radius 1 is 1.30 bits per heavy atom. The Bertz CT molecular complexity index is 671. The van der Waals surface area contributed by atoms with E-state index in [1.165, 1.54) is 0 Å². The summed E-state index contributed by atoms with van der Waals surface area (Å²) in [5.41, 5.74) is 0.921. The fourth-order valence-electron chi connectivity index (χ4n) is 2.06. The summed E-state index contributed by atoms with van der Waals surface area (Å²) in [7, 11) is 0.529. The van der Waals surface area contributed by atoms with E-state index in [1.807, 2.05) is 22.9 Å². The van der Waals surface area contributed by atoms with Gasteiger partial charge in [-0.2, -0.15) is 0 Å². The van der Waals surface area contributed by atoms with Gasteiger partial charge in [-0.15, -0.1) is 0 Å². The van der Waals surface area contributed by atoms with Crippen molar-refractivity contribution in [1.82, 2.24) is 9.55 Å². The molecule has 0 radical (unpaired) electrons. The van der Waals surface area contributed by atoms with Gasteiger partial charge in [0.05, 0.1) is 12.1 Å². The van der Waals surface area contributed by atoms with Crippen molar-refractivity contribution in [3.63, 3.8) is 0 Å². The zero-order valence-corrected chi connectivity index (χ0v) is 17.2. The summed E-state index contributed by atoms with van der Waals surface area (Å²) in [6.07, 6.45) is 3.68. The minimum atomic E-state index is -1.07. The fraction of sp³-hybridized carbons (Fsp3) is 0.438. The molecule has 0 aliphatic carbocycles. The van der Waals surface area contributed by atoms with Crippen LogP contribution in [-0.2, 0) is 11.5 Å². The molecule has 0 unspecified atom stereocenters. The SMILES string of the molecule is COc1cc(-c2nccn2COCC[Si](C)(C)C)c(Br)cc1Cl. The summed E-state index contributed by atoms with van der Waals surface area (Å²) < 4.78 is 14.0. The summed E-state index contributed by atoms with van der Waals surface area (Å²) in [6.45, 7) is 8.29. The molecule has 0 atom stereocenters. The van der Waals surface area contributed by atoms with E-state index < -0.39 is 8.07 Å². The average Bonchev–Trinajstić information content (AvgIpc) is 2.91. The van der Waals surface area contributed by atoms with Gasteiger partial charge in [0, 0.05) is 37.1 Å². The third-order valence-electron chi connectivity index (χ3n) is 3.42. The predicted octanol–water partition coefficient (Wildman–Crippen LogP) is 5.29. The number of imidazole rings is 1. The second-order valence-electron chi connectivity index (χ2n) is 6.54. The highest BCUT2D eigenvalue weighted by molar-refractivity contribution is 9.10. The van der Waals surface area contributed by atoms with E-state index in [0.717, 1.165) is 28.5 Å². The molecule has 0 aliphatic heterocycles. The van der Waals surface area contributed by atoms with Crippen LogP contribution in [0.1, 0.15) is 0 Å². The first-order valence-electron chi connectivity index (χ1n) is 7.44. The van der Waals surface area contributed by atoms with Crippen molar-refractivity contribution in [2.75, 3.05) is 13.7 Å². The topological polar surface area (TPSA) is 36.3 Å². The molecule has 4 nitrogen and oxygen atoms in total. The smallest absolute Gasteiger partial charge is 0.143 e. The summed E-state index contributed by atoms with van der Waals surface area (Å²) in [6, 6.07) is 4.85. The second kappa shape index (κ2) is 7.83. The number of hydrogen-bond donors (Lipinski definition) is 0. The Kier molecular flexibility index (Phi) is 6.31.